The fourth-order valence-electron chi connectivity index (χ4n) is 4.97. The molecule has 0 aromatic heterocycles. The minimum atomic E-state index is -3.56. The quantitative estimate of drug-likeness (QED) is 0.653. The molecule has 2 N–H and O–H groups in total. The van der Waals surface area contributed by atoms with Crippen molar-refractivity contribution in [1.29, 1.82) is 0 Å². The van der Waals surface area contributed by atoms with Crippen LogP contribution in [0.15, 0.2) is 53.4 Å². The summed E-state index contributed by atoms with van der Waals surface area (Å²) in [5.41, 5.74) is 2.54. The van der Waals surface area contributed by atoms with Crippen molar-refractivity contribution in [3.05, 3.63) is 70.3 Å². The highest BCUT2D eigenvalue weighted by molar-refractivity contribution is 7.89. The lowest BCUT2D eigenvalue weighted by molar-refractivity contribution is 0.0695. The summed E-state index contributed by atoms with van der Waals surface area (Å²) in [5, 5.41) is 13.6. The topological polar surface area (TPSA) is 95.9 Å². The van der Waals surface area contributed by atoms with Gasteiger partial charge in [0.25, 0.3) is 0 Å². The molecular weight excluding hydrogens is 452 g/mol. The maximum absolute atomic E-state index is 12.9. The van der Waals surface area contributed by atoms with E-state index < -0.39 is 16.0 Å². The Morgan fingerprint density at radius 2 is 1.84 bits per heavy atom. The maximum Gasteiger partial charge on any atom is 0.336 e. The third kappa shape index (κ3) is 3.51. The Balaban J connectivity index is 1.49. The number of benzene rings is 2. The molecule has 0 radical (unpaired) electrons. The van der Waals surface area contributed by atoms with Crippen molar-refractivity contribution in [1.82, 2.24) is 4.31 Å². The lowest BCUT2D eigenvalue weighted by Gasteiger charge is -2.38. The van der Waals surface area contributed by atoms with Crippen LogP contribution in [0.5, 0.6) is 0 Å². The normalized spacial score (nSPS) is 25.1. The van der Waals surface area contributed by atoms with Crippen LogP contribution in [0.3, 0.4) is 0 Å². The minimum absolute atomic E-state index is 0.0715. The number of carbonyl (C=O) groups is 1. The molecule has 5 rings (SSSR count). The van der Waals surface area contributed by atoms with Gasteiger partial charge in [0.15, 0.2) is 0 Å². The van der Waals surface area contributed by atoms with Gasteiger partial charge in [0, 0.05) is 19.0 Å². The molecule has 1 aliphatic carbocycles. The van der Waals surface area contributed by atoms with Crippen molar-refractivity contribution in [3.8, 4) is 0 Å². The van der Waals surface area contributed by atoms with Gasteiger partial charge in [-0.05, 0) is 47.7 Å². The lowest BCUT2D eigenvalue weighted by atomic mass is 9.75. The highest BCUT2D eigenvalue weighted by Crippen LogP contribution is 2.52. The van der Waals surface area contributed by atoms with E-state index in [0.29, 0.717) is 42.6 Å². The number of halogens is 1. The van der Waals surface area contributed by atoms with Crippen molar-refractivity contribution < 1.29 is 23.1 Å². The summed E-state index contributed by atoms with van der Waals surface area (Å²) in [7, 11) is -3.56. The number of rotatable bonds is 4. The third-order valence-corrected chi connectivity index (χ3v) is 8.77. The second-order valence-corrected chi connectivity index (χ2v) is 10.6. The average Bonchev–Trinajstić information content (AvgIpc) is 3.29. The first-order valence-electron chi connectivity index (χ1n) is 10.5. The van der Waals surface area contributed by atoms with Crippen LogP contribution in [-0.4, -0.2) is 50.1 Å². The van der Waals surface area contributed by atoms with Gasteiger partial charge in [0.1, 0.15) is 0 Å². The number of fused-ring (bicyclic) bond motifs is 3. The second kappa shape index (κ2) is 8.19. The van der Waals surface area contributed by atoms with Crippen LogP contribution in [0.25, 0.3) is 0 Å². The molecule has 2 aromatic rings. The molecule has 0 unspecified atom stereocenters. The van der Waals surface area contributed by atoms with Crippen LogP contribution < -0.4 is 5.32 Å². The highest BCUT2D eigenvalue weighted by Gasteiger charge is 2.41. The number of aromatic carboxylic acids is 1. The number of hydrogen-bond donors (Lipinski definition) is 2. The molecule has 2 aromatic carbocycles. The largest absolute Gasteiger partial charge is 0.478 e. The molecule has 9 heteroatoms. The Morgan fingerprint density at radius 3 is 2.53 bits per heavy atom. The fraction of sp³-hybridized carbons (Fsp3) is 0.348. The van der Waals surface area contributed by atoms with Crippen molar-refractivity contribution in [2.24, 2.45) is 5.92 Å². The van der Waals surface area contributed by atoms with Gasteiger partial charge < -0.3 is 15.2 Å². The molecule has 3 atom stereocenters. The predicted octanol–water partition coefficient (Wildman–Crippen LogP) is 3.89. The predicted molar refractivity (Wildman–Crippen MR) is 121 cm³/mol. The first-order chi connectivity index (χ1) is 15.4. The van der Waals surface area contributed by atoms with Crippen LogP contribution in [0.4, 0.5) is 5.69 Å². The van der Waals surface area contributed by atoms with Crippen molar-refractivity contribution in [3.63, 3.8) is 0 Å². The molecule has 32 heavy (non-hydrogen) atoms. The molecule has 1 fully saturated rings. The first kappa shape index (κ1) is 21.5. The van der Waals surface area contributed by atoms with E-state index >= 15 is 0 Å². The summed E-state index contributed by atoms with van der Waals surface area (Å²) in [6, 6.07) is 9.99. The van der Waals surface area contributed by atoms with E-state index in [2.05, 4.69) is 17.5 Å². The zero-order valence-corrected chi connectivity index (χ0v) is 18.8. The number of nitrogens with zero attached hydrogens (tertiary/aromatic N) is 1. The molecule has 168 valence electrons. The summed E-state index contributed by atoms with van der Waals surface area (Å²) >= 11 is 6.46. The Kier molecular flexibility index (Phi) is 5.49. The van der Waals surface area contributed by atoms with E-state index in [4.69, 9.17) is 16.3 Å². The van der Waals surface area contributed by atoms with E-state index in [0.717, 1.165) is 12.0 Å². The van der Waals surface area contributed by atoms with Gasteiger partial charge >= 0.3 is 5.97 Å². The Labute approximate surface area is 191 Å². The Bertz CT molecular complexity index is 1190. The number of anilines is 1. The lowest BCUT2D eigenvalue weighted by Crippen LogP contribution is -2.40. The summed E-state index contributed by atoms with van der Waals surface area (Å²) in [6.07, 6.45) is 4.92. The van der Waals surface area contributed by atoms with Crippen LogP contribution in [0.1, 0.15) is 39.9 Å². The number of nitrogens with one attached hydrogen (secondary N) is 1. The molecular formula is C23H23ClN2O5S. The van der Waals surface area contributed by atoms with Crippen LogP contribution in [-0.2, 0) is 14.8 Å². The minimum Gasteiger partial charge on any atom is -0.478 e. The van der Waals surface area contributed by atoms with Gasteiger partial charge in [-0.15, -0.1) is 0 Å². The molecule has 0 amide bonds. The molecule has 1 saturated heterocycles. The number of sulfonamides is 1. The van der Waals surface area contributed by atoms with Gasteiger partial charge in [-0.2, -0.15) is 4.31 Å². The molecule has 7 nitrogen and oxygen atoms in total. The first-order valence-corrected chi connectivity index (χ1v) is 12.4. The Hall–Kier alpha value is -2.39. The number of morpholine rings is 1. The standard InChI is InChI=1S/C23H23ClN2O5S/c24-19-9-8-18(23(27)28)20-16-2-1-3-17(16)21(25-22(19)20)14-4-6-15(7-5-14)32(29,30)26-10-12-31-13-11-26/h1-2,4-9,16-17,21,25H,3,10-13H2,(H,27,28)/t16-,17+,21-/m0/s1. The number of ether oxygens (including phenoxy) is 1. The van der Waals surface area contributed by atoms with Crippen molar-refractivity contribution in [2.75, 3.05) is 31.6 Å². The van der Waals surface area contributed by atoms with Crippen molar-refractivity contribution in [2.45, 2.75) is 23.3 Å². The number of carboxylic acids is 1. The second-order valence-electron chi connectivity index (χ2n) is 8.25. The summed E-state index contributed by atoms with van der Waals surface area (Å²) in [5.74, 6) is -0.937. The molecule has 0 bridgehead atoms. The van der Waals surface area contributed by atoms with E-state index in [1.807, 2.05) is 12.1 Å². The van der Waals surface area contributed by atoms with E-state index in [1.165, 1.54) is 4.31 Å². The molecule has 3 aliphatic rings. The fourth-order valence-corrected chi connectivity index (χ4v) is 6.60. The van der Waals surface area contributed by atoms with Crippen LogP contribution in [0.2, 0.25) is 5.02 Å². The number of hydrogen-bond acceptors (Lipinski definition) is 5. The molecule has 2 aliphatic heterocycles. The maximum atomic E-state index is 12.9. The Morgan fingerprint density at radius 1 is 1.12 bits per heavy atom. The van der Waals surface area contributed by atoms with Gasteiger partial charge in [-0.3, -0.25) is 0 Å². The zero-order chi connectivity index (χ0) is 22.5. The zero-order valence-electron chi connectivity index (χ0n) is 17.2. The van der Waals surface area contributed by atoms with Crippen molar-refractivity contribution >= 4 is 33.3 Å². The van der Waals surface area contributed by atoms with E-state index in [-0.39, 0.29) is 28.3 Å². The van der Waals surface area contributed by atoms with Gasteiger partial charge in [0.05, 0.1) is 40.4 Å². The molecule has 0 spiro atoms. The third-order valence-electron chi connectivity index (χ3n) is 6.55. The average molecular weight is 475 g/mol. The summed E-state index contributed by atoms with van der Waals surface area (Å²) in [4.78, 5) is 12.1. The summed E-state index contributed by atoms with van der Waals surface area (Å²) in [6.45, 7) is 1.51. The van der Waals surface area contributed by atoms with Gasteiger partial charge in [-0.1, -0.05) is 35.9 Å². The van der Waals surface area contributed by atoms with Crippen LogP contribution in [0, 0.1) is 5.92 Å². The van der Waals surface area contributed by atoms with E-state index in [1.54, 1.807) is 24.3 Å². The molecule has 0 saturated carbocycles. The number of allylic oxidation sites excluding steroid dienone is 2. The monoisotopic (exact) mass is 474 g/mol. The molecule has 2 heterocycles. The van der Waals surface area contributed by atoms with Gasteiger partial charge in [0.2, 0.25) is 10.0 Å². The smallest absolute Gasteiger partial charge is 0.336 e. The summed E-state index contributed by atoms with van der Waals surface area (Å²) < 4.78 is 32.6. The number of carboxylic acid groups (broad SMARTS) is 1. The van der Waals surface area contributed by atoms with Gasteiger partial charge in [-0.25, -0.2) is 13.2 Å². The SMILES string of the molecule is O=C(O)c1ccc(Cl)c2c1[C@H]1C=CC[C@H]1[C@H](c1ccc(S(=O)(=O)N3CCOCC3)cc1)N2. The van der Waals surface area contributed by atoms with Crippen LogP contribution >= 0.6 is 11.6 Å². The van der Waals surface area contributed by atoms with E-state index in [9.17, 15) is 18.3 Å². The highest BCUT2D eigenvalue weighted by atomic mass is 35.5.